The van der Waals surface area contributed by atoms with E-state index in [9.17, 15) is 24.0 Å². The molecule has 0 unspecified atom stereocenters. The second-order valence-electron chi connectivity index (χ2n) is 11.8. The molecular formula is C34H42ClN5O5. The van der Waals surface area contributed by atoms with Crippen molar-refractivity contribution in [2.24, 2.45) is 0 Å². The van der Waals surface area contributed by atoms with Crippen LogP contribution in [0.4, 0.5) is 0 Å². The Morgan fingerprint density at radius 3 is 2.07 bits per heavy atom. The predicted octanol–water partition coefficient (Wildman–Crippen LogP) is 3.11. The zero-order valence-corrected chi connectivity index (χ0v) is 26.7. The molecular weight excluding hydrogens is 594 g/mol. The number of rotatable bonds is 15. The Bertz CT molecular complexity index is 1470. The van der Waals surface area contributed by atoms with Crippen LogP contribution >= 0.6 is 11.6 Å². The number of hydrogen-bond donors (Lipinski definition) is 5. The average Bonchev–Trinajstić information content (AvgIpc) is 3.00. The minimum Gasteiger partial charge on any atom is -0.355 e. The standard InChI is InChI=1S/C34H42ClN5O5/c1-34(2,3)40-30(42)16-15-27(38-29(41)17-18-36-31(43)21-35)33(45)39-28(20-23-9-5-4-6-10-23)32(44)37-22-24-13-14-25-11-7-8-12-26(25)19-24/h4-14,19,27-28H,15-18,20-22H2,1-3H3,(H,36,43)(H,37,44)(H,38,41)(H,39,45)(H,40,42)/t27-,28-/m0/s1. The van der Waals surface area contributed by atoms with Crippen LogP contribution in [0.5, 0.6) is 0 Å². The zero-order valence-electron chi connectivity index (χ0n) is 26.0. The normalized spacial score (nSPS) is 12.4. The van der Waals surface area contributed by atoms with E-state index < -0.39 is 35.3 Å². The average molecular weight is 636 g/mol. The minimum atomic E-state index is -1.10. The maximum Gasteiger partial charge on any atom is 0.243 e. The van der Waals surface area contributed by atoms with Crippen molar-refractivity contribution in [2.75, 3.05) is 12.4 Å². The van der Waals surface area contributed by atoms with Gasteiger partial charge in [-0.2, -0.15) is 0 Å². The number of alkyl halides is 1. The number of nitrogens with one attached hydrogen (secondary N) is 5. The van der Waals surface area contributed by atoms with Gasteiger partial charge in [-0.25, -0.2) is 0 Å². The highest BCUT2D eigenvalue weighted by Crippen LogP contribution is 2.16. The molecule has 5 N–H and O–H groups in total. The van der Waals surface area contributed by atoms with E-state index >= 15 is 0 Å². The molecule has 0 spiro atoms. The first-order chi connectivity index (χ1) is 21.4. The number of amides is 5. The fourth-order valence-corrected chi connectivity index (χ4v) is 4.74. The van der Waals surface area contributed by atoms with Gasteiger partial charge in [0.25, 0.3) is 0 Å². The Labute approximate surface area is 269 Å². The molecule has 0 saturated carbocycles. The second-order valence-corrected chi connectivity index (χ2v) is 12.1. The molecule has 3 rings (SSSR count). The first-order valence-corrected chi connectivity index (χ1v) is 15.5. The quantitative estimate of drug-likeness (QED) is 0.163. The lowest BCUT2D eigenvalue weighted by Crippen LogP contribution is -2.54. The molecule has 45 heavy (non-hydrogen) atoms. The highest BCUT2D eigenvalue weighted by atomic mass is 35.5. The Hall–Kier alpha value is -4.44. The molecule has 0 fully saturated rings. The van der Waals surface area contributed by atoms with E-state index in [0.717, 1.165) is 21.9 Å². The molecule has 0 aromatic heterocycles. The van der Waals surface area contributed by atoms with Gasteiger partial charge in [0, 0.05) is 37.9 Å². The fraction of sp³-hybridized carbons (Fsp3) is 0.382. The summed E-state index contributed by atoms with van der Waals surface area (Å²) in [6, 6.07) is 21.1. The summed E-state index contributed by atoms with van der Waals surface area (Å²) in [4.78, 5) is 63.8. The summed E-state index contributed by atoms with van der Waals surface area (Å²) in [6.07, 6.45) is 0.0898. The molecule has 3 aromatic rings. The van der Waals surface area contributed by atoms with Crippen LogP contribution in [0.25, 0.3) is 10.8 Å². The topological polar surface area (TPSA) is 146 Å². The van der Waals surface area contributed by atoms with Gasteiger partial charge >= 0.3 is 0 Å². The summed E-state index contributed by atoms with van der Waals surface area (Å²) in [7, 11) is 0. The number of hydrogen-bond acceptors (Lipinski definition) is 5. The summed E-state index contributed by atoms with van der Waals surface area (Å²) in [5.74, 6) is -2.42. The van der Waals surface area contributed by atoms with Crippen molar-refractivity contribution in [3.05, 3.63) is 83.9 Å². The first-order valence-electron chi connectivity index (χ1n) is 15.0. The predicted molar refractivity (Wildman–Crippen MR) is 175 cm³/mol. The number of halogens is 1. The molecule has 2 atom stereocenters. The van der Waals surface area contributed by atoms with Crippen molar-refractivity contribution >= 4 is 51.9 Å². The van der Waals surface area contributed by atoms with Gasteiger partial charge in [0.15, 0.2) is 0 Å². The van der Waals surface area contributed by atoms with Crippen LogP contribution in [0.3, 0.4) is 0 Å². The summed E-state index contributed by atoms with van der Waals surface area (Å²) in [5.41, 5.74) is 1.27. The molecule has 3 aromatic carbocycles. The molecule has 10 nitrogen and oxygen atoms in total. The molecule has 0 bridgehead atoms. The van der Waals surface area contributed by atoms with Gasteiger partial charge in [-0.3, -0.25) is 24.0 Å². The van der Waals surface area contributed by atoms with Gasteiger partial charge in [0.2, 0.25) is 29.5 Å². The van der Waals surface area contributed by atoms with E-state index in [-0.39, 0.29) is 56.5 Å². The lowest BCUT2D eigenvalue weighted by atomic mass is 10.0. The Balaban J connectivity index is 1.73. The molecule has 0 radical (unpaired) electrons. The van der Waals surface area contributed by atoms with E-state index in [2.05, 4.69) is 26.6 Å². The molecule has 5 amide bonds. The van der Waals surface area contributed by atoms with Gasteiger partial charge in [0.1, 0.15) is 18.0 Å². The SMILES string of the molecule is CC(C)(C)NC(=O)CC[C@H](NC(=O)CCNC(=O)CCl)C(=O)N[C@@H](Cc1ccccc1)C(=O)NCc1ccc2ccccc2c1. The van der Waals surface area contributed by atoms with Crippen molar-refractivity contribution in [1.29, 1.82) is 0 Å². The van der Waals surface area contributed by atoms with Gasteiger partial charge < -0.3 is 26.6 Å². The van der Waals surface area contributed by atoms with Crippen molar-refractivity contribution in [3.8, 4) is 0 Å². The molecule has 0 aliphatic heterocycles. The lowest BCUT2D eigenvalue weighted by Gasteiger charge is -2.24. The van der Waals surface area contributed by atoms with Crippen LogP contribution in [0.1, 0.15) is 51.2 Å². The Morgan fingerprint density at radius 1 is 0.689 bits per heavy atom. The minimum absolute atomic E-state index is 0.00426. The van der Waals surface area contributed by atoms with E-state index in [4.69, 9.17) is 11.6 Å². The van der Waals surface area contributed by atoms with Crippen molar-refractivity contribution < 1.29 is 24.0 Å². The van der Waals surface area contributed by atoms with Crippen molar-refractivity contribution in [3.63, 3.8) is 0 Å². The maximum absolute atomic E-state index is 13.6. The van der Waals surface area contributed by atoms with Crippen molar-refractivity contribution in [1.82, 2.24) is 26.6 Å². The Kier molecular flexibility index (Phi) is 13.4. The van der Waals surface area contributed by atoms with Crippen LogP contribution in [-0.2, 0) is 36.9 Å². The number of carbonyl (C=O) groups is 5. The van der Waals surface area contributed by atoms with Gasteiger partial charge in [-0.15, -0.1) is 11.6 Å². The summed E-state index contributed by atoms with van der Waals surface area (Å²) < 4.78 is 0. The van der Waals surface area contributed by atoms with Crippen LogP contribution in [-0.4, -0.2) is 59.6 Å². The molecule has 0 aliphatic rings. The van der Waals surface area contributed by atoms with Crippen LogP contribution < -0.4 is 26.6 Å². The van der Waals surface area contributed by atoms with Gasteiger partial charge in [-0.05, 0) is 55.2 Å². The fourth-order valence-electron chi connectivity index (χ4n) is 4.65. The number of fused-ring (bicyclic) bond motifs is 1. The van der Waals surface area contributed by atoms with Gasteiger partial charge in [0.05, 0.1) is 0 Å². The monoisotopic (exact) mass is 635 g/mol. The van der Waals surface area contributed by atoms with Gasteiger partial charge in [-0.1, -0.05) is 66.7 Å². The zero-order chi connectivity index (χ0) is 32.8. The van der Waals surface area contributed by atoms with E-state index in [1.807, 2.05) is 93.6 Å². The number of carbonyl (C=O) groups excluding carboxylic acids is 5. The number of benzene rings is 3. The third-order valence-electron chi connectivity index (χ3n) is 6.82. The van der Waals surface area contributed by atoms with Crippen molar-refractivity contribution in [2.45, 2.75) is 70.6 Å². The summed E-state index contributed by atoms with van der Waals surface area (Å²) in [5, 5.41) is 15.9. The molecule has 0 heterocycles. The smallest absolute Gasteiger partial charge is 0.243 e. The third-order valence-corrected chi connectivity index (χ3v) is 7.06. The molecule has 0 aliphatic carbocycles. The molecule has 0 saturated heterocycles. The molecule has 240 valence electrons. The second kappa shape index (κ2) is 17.2. The van der Waals surface area contributed by atoms with E-state index in [0.29, 0.717) is 0 Å². The maximum atomic E-state index is 13.6. The van der Waals surface area contributed by atoms with Crippen LogP contribution in [0.15, 0.2) is 72.8 Å². The van der Waals surface area contributed by atoms with E-state index in [1.165, 1.54) is 0 Å². The third kappa shape index (κ3) is 12.6. The van der Waals surface area contributed by atoms with E-state index in [1.54, 1.807) is 0 Å². The summed E-state index contributed by atoms with van der Waals surface area (Å²) in [6.45, 7) is 5.82. The van der Waals surface area contributed by atoms with Crippen LogP contribution in [0.2, 0.25) is 0 Å². The summed E-state index contributed by atoms with van der Waals surface area (Å²) >= 11 is 5.49. The highest BCUT2D eigenvalue weighted by molar-refractivity contribution is 6.27. The molecule has 11 heteroatoms. The Morgan fingerprint density at radius 2 is 1.38 bits per heavy atom. The highest BCUT2D eigenvalue weighted by Gasteiger charge is 2.28. The van der Waals surface area contributed by atoms with Crippen LogP contribution in [0, 0.1) is 0 Å². The lowest BCUT2D eigenvalue weighted by molar-refractivity contribution is -0.133. The first kappa shape index (κ1) is 35.0. The largest absolute Gasteiger partial charge is 0.355 e.